The Morgan fingerprint density at radius 3 is 1.39 bits per heavy atom. The van der Waals surface area contributed by atoms with E-state index in [2.05, 4.69) is 14.2 Å². The van der Waals surface area contributed by atoms with Crippen LogP contribution in [0.3, 0.4) is 0 Å². The smallest absolute Gasteiger partial charge is 0.354 e. The van der Waals surface area contributed by atoms with E-state index >= 15 is 0 Å². The summed E-state index contributed by atoms with van der Waals surface area (Å²) in [7, 11) is -5.91. The number of halogens is 3. The van der Waals surface area contributed by atoms with Gasteiger partial charge in [-0.1, -0.05) is 109 Å². The van der Waals surface area contributed by atoms with E-state index < -0.39 is 21.5 Å². The summed E-state index contributed by atoms with van der Waals surface area (Å²) in [6.45, 7) is 0. The van der Waals surface area contributed by atoms with Crippen molar-refractivity contribution < 1.29 is 25.8 Å². The molecule has 1 aromatic heterocycles. The summed E-state index contributed by atoms with van der Waals surface area (Å²) in [5, 5.41) is 0. The second kappa shape index (κ2) is 10.1. The molecule has 0 amide bonds. The van der Waals surface area contributed by atoms with Gasteiger partial charge in [0.1, 0.15) is 5.69 Å². The van der Waals surface area contributed by atoms with Crippen LogP contribution in [0.4, 0.5) is 13.2 Å². The Morgan fingerprint density at radius 1 is 0.553 bits per heavy atom. The maximum absolute atomic E-state index is 12.9. The van der Waals surface area contributed by atoms with Crippen LogP contribution in [-0.4, -0.2) is 23.9 Å². The zero-order valence-electron chi connectivity index (χ0n) is 19.6. The molecule has 5 rings (SSSR count). The minimum atomic E-state index is -5.91. The maximum Gasteiger partial charge on any atom is 0.534 e. The van der Waals surface area contributed by atoms with Crippen LogP contribution >= 0.6 is 0 Å². The van der Waals surface area contributed by atoms with E-state index in [-0.39, 0.29) is 5.69 Å². The van der Waals surface area contributed by atoms with Gasteiger partial charge in [-0.25, -0.2) is 9.97 Å². The molecule has 9 heteroatoms. The SMILES string of the molecule is O=S(=O)(Oc1cnc(-c2ccc(-c3ccccc3)cc2)c(-c2ccc(-c3ccccc3)cc2)n1)C(F)(F)F. The van der Waals surface area contributed by atoms with E-state index in [0.717, 1.165) is 28.5 Å². The molecule has 0 radical (unpaired) electrons. The quantitative estimate of drug-likeness (QED) is 0.169. The van der Waals surface area contributed by atoms with Gasteiger partial charge in [0.25, 0.3) is 5.88 Å². The Hall–Kier alpha value is -4.50. The Bertz CT molecular complexity index is 1660. The molecule has 0 unspecified atom stereocenters. The summed E-state index contributed by atoms with van der Waals surface area (Å²) >= 11 is 0. The van der Waals surface area contributed by atoms with Crippen LogP contribution in [0.5, 0.6) is 5.88 Å². The van der Waals surface area contributed by atoms with E-state index in [9.17, 15) is 21.6 Å². The van der Waals surface area contributed by atoms with Crippen molar-refractivity contribution in [3.05, 3.63) is 115 Å². The molecular formula is C29H19F3N2O3S. The Labute approximate surface area is 217 Å². The number of hydrogen-bond acceptors (Lipinski definition) is 5. The fourth-order valence-corrected chi connectivity index (χ4v) is 4.29. The number of benzene rings is 4. The predicted molar refractivity (Wildman–Crippen MR) is 139 cm³/mol. The zero-order chi connectivity index (χ0) is 26.8. The number of hydrogen-bond donors (Lipinski definition) is 0. The van der Waals surface area contributed by atoms with Crippen molar-refractivity contribution in [3.8, 4) is 50.6 Å². The number of alkyl halides is 3. The lowest BCUT2D eigenvalue weighted by molar-refractivity contribution is -0.0501. The Morgan fingerprint density at radius 2 is 0.947 bits per heavy atom. The van der Waals surface area contributed by atoms with E-state index in [1.54, 1.807) is 12.1 Å². The molecule has 0 fully saturated rings. The third kappa shape index (κ3) is 5.28. The zero-order valence-corrected chi connectivity index (χ0v) is 20.4. The first-order valence-corrected chi connectivity index (χ1v) is 12.8. The molecular weight excluding hydrogens is 513 g/mol. The van der Waals surface area contributed by atoms with Gasteiger partial charge in [0.15, 0.2) is 0 Å². The first kappa shape index (κ1) is 25.2. The number of nitrogens with zero attached hydrogens (tertiary/aromatic N) is 2. The molecule has 190 valence electrons. The molecule has 0 saturated heterocycles. The van der Waals surface area contributed by atoms with Gasteiger partial charge in [-0.05, 0) is 22.3 Å². The van der Waals surface area contributed by atoms with E-state index in [0.29, 0.717) is 16.8 Å². The first-order valence-electron chi connectivity index (χ1n) is 11.4. The standard InChI is InChI=1S/C29H19F3N2O3S/c30-29(31,32)38(35,36)37-26-19-33-27(24-15-11-22(12-16-24)20-7-3-1-4-8-20)28(34-26)25-17-13-23(14-18-25)21-9-5-2-6-10-21/h1-19H. The van der Waals surface area contributed by atoms with E-state index in [4.69, 9.17) is 0 Å². The molecule has 38 heavy (non-hydrogen) atoms. The highest BCUT2D eigenvalue weighted by molar-refractivity contribution is 7.87. The Kier molecular flexibility index (Phi) is 6.69. The van der Waals surface area contributed by atoms with Crippen molar-refractivity contribution in [1.29, 1.82) is 0 Å². The molecule has 0 N–H and O–H groups in total. The summed E-state index contributed by atoms with van der Waals surface area (Å²) < 4.78 is 66.2. The minimum absolute atomic E-state index is 0.173. The van der Waals surface area contributed by atoms with Crippen LogP contribution in [0.2, 0.25) is 0 Å². The van der Waals surface area contributed by atoms with Gasteiger partial charge >= 0.3 is 15.6 Å². The number of aromatic nitrogens is 2. The van der Waals surface area contributed by atoms with Crippen molar-refractivity contribution in [2.24, 2.45) is 0 Å². The third-order valence-corrected chi connectivity index (χ3v) is 6.72. The molecule has 0 aliphatic heterocycles. The number of rotatable bonds is 6. The molecule has 0 atom stereocenters. The maximum atomic E-state index is 12.9. The van der Waals surface area contributed by atoms with Crippen LogP contribution < -0.4 is 4.18 Å². The highest BCUT2D eigenvalue weighted by Gasteiger charge is 2.49. The molecule has 0 bridgehead atoms. The lowest BCUT2D eigenvalue weighted by atomic mass is 9.98. The fraction of sp³-hybridized carbons (Fsp3) is 0.0345. The van der Waals surface area contributed by atoms with E-state index in [1.165, 1.54) is 0 Å². The van der Waals surface area contributed by atoms with E-state index in [1.807, 2.05) is 97.1 Å². The van der Waals surface area contributed by atoms with Crippen molar-refractivity contribution >= 4 is 10.1 Å². The lowest BCUT2D eigenvalue weighted by Gasteiger charge is -2.13. The molecule has 0 saturated carbocycles. The van der Waals surface area contributed by atoms with Crippen molar-refractivity contribution in [2.75, 3.05) is 0 Å². The summed E-state index contributed by atoms with van der Waals surface area (Å²) in [6.07, 6.45) is 0.867. The topological polar surface area (TPSA) is 69.2 Å². The molecule has 0 spiro atoms. The van der Waals surface area contributed by atoms with Gasteiger partial charge in [0, 0.05) is 11.1 Å². The largest absolute Gasteiger partial charge is 0.534 e. The molecule has 1 heterocycles. The normalized spacial score (nSPS) is 11.8. The van der Waals surface area contributed by atoms with Crippen LogP contribution in [-0.2, 0) is 10.1 Å². The molecule has 0 aliphatic carbocycles. The first-order chi connectivity index (χ1) is 18.2. The van der Waals surface area contributed by atoms with Crippen LogP contribution in [0, 0.1) is 0 Å². The van der Waals surface area contributed by atoms with Crippen LogP contribution in [0.25, 0.3) is 44.8 Å². The highest BCUT2D eigenvalue weighted by atomic mass is 32.2. The van der Waals surface area contributed by atoms with Gasteiger partial charge in [-0.3, -0.25) is 0 Å². The average Bonchev–Trinajstić information content (AvgIpc) is 2.93. The highest BCUT2D eigenvalue weighted by Crippen LogP contribution is 2.34. The summed E-state index contributed by atoms with van der Waals surface area (Å²) in [5.74, 6) is -0.783. The third-order valence-electron chi connectivity index (χ3n) is 5.76. The molecule has 4 aromatic carbocycles. The van der Waals surface area contributed by atoms with Gasteiger partial charge in [0.2, 0.25) is 0 Å². The second-order valence-corrected chi connectivity index (χ2v) is 9.81. The second-order valence-electron chi connectivity index (χ2n) is 8.28. The van der Waals surface area contributed by atoms with Crippen molar-refractivity contribution in [1.82, 2.24) is 9.97 Å². The summed E-state index contributed by atoms with van der Waals surface area (Å²) in [6, 6.07) is 34.0. The molecule has 5 nitrogen and oxygen atoms in total. The summed E-state index contributed by atoms with van der Waals surface area (Å²) in [4.78, 5) is 8.39. The molecule has 5 aromatic rings. The Balaban J connectivity index is 1.57. The fourth-order valence-electron chi connectivity index (χ4n) is 3.89. The minimum Gasteiger partial charge on any atom is -0.354 e. The van der Waals surface area contributed by atoms with Crippen LogP contribution in [0.1, 0.15) is 0 Å². The van der Waals surface area contributed by atoms with Crippen molar-refractivity contribution in [2.45, 2.75) is 5.51 Å². The monoisotopic (exact) mass is 532 g/mol. The predicted octanol–water partition coefficient (Wildman–Crippen LogP) is 7.37. The summed E-state index contributed by atoms with van der Waals surface area (Å²) in [5.41, 5.74) is -0.0221. The van der Waals surface area contributed by atoms with Crippen LogP contribution in [0.15, 0.2) is 115 Å². The van der Waals surface area contributed by atoms with Gasteiger partial charge in [0.05, 0.1) is 11.9 Å². The van der Waals surface area contributed by atoms with Gasteiger partial charge < -0.3 is 4.18 Å². The average molecular weight is 533 g/mol. The molecule has 0 aliphatic rings. The van der Waals surface area contributed by atoms with Gasteiger partial charge in [-0.15, -0.1) is 0 Å². The van der Waals surface area contributed by atoms with Crippen molar-refractivity contribution in [3.63, 3.8) is 0 Å². The lowest BCUT2D eigenvalue weighted by Crippen LogP contribution is -2.28. The van der Waals surface area contributed by atoms with Gasteiger partial charge in [-0.2, -0.15) is 21.6 Å².